The van der Waals surface area contributed by atoms with Gasteiger partial charge in [-0.3, -0.25) is 9.89 Å². The van der Waals surface area contributed by atoms with Crippen LogP contribution in [0.15, 0.2) is 17.0 Å². The maximum absolute atomic E-state index is 11.7. The van der Waals surface area contributed by atoms with Crippen molar-refractivity contribution in [3.05, 3.63) is 24.1 Å². The van der Waals surface area contributed by atoms with Gasteiger partial charge in [0.25, 0.3) is 5.91 Å². The van der Waals surface area contributed by atoms with Crippen molar-refractivity contribution in [3.8, 4) is 0 Å². The summed E-state index contributed by atoms with van der Waals surface area (Å²) in [5.41, 5.74) is 0.292. The first-order valence-electron chi connectivity index (χ1n) is 5.10. The van der Waals surface area contributed by atoms with Crippen molar-refractivity contribution in [2.75, 3.05) is 5.32 Å². The number of carbonyl (C=O) groups excluding carboxylic acids is 1. The van der Waals surface area contributed by atoms with E-state index >= 15 is 0 Å². The van der Waals surface area contributed by atoms with Gasteiger partial charge in [0.1, 0.15) is 17.8 Å². The second-order valence-electron chi connectivity index (χ2n) is 4.62. The number of rotatable bonds is 2. The lowest BCUT2D eigenvalue weighted by Gasteiger charge is -2.12. The average molecular weight is 235 g/mol. The molecule has 1 amide bonds. The van der Waals surface area contributed by atoms with Crippen LogP contribution in [0.25, 0.3) is 0 Å². The Morgan fingerprint density at radius 1 is 1.47 bits per heavy atom. The van der Waals surface area contributed by atoms with Crippen molar-refractivity contribution in [2.24, 2.45) is 0 Å². The van der Waals surface area contributed by atoms with Crippen LogP contribution < -0.4 is 5.32 Å². The van der Waals surface area contributed by atoms with Crippen LogP contribution in [0.1, 0.15) is 37.2 Å². The molecule has 2 N–H and O–H groups in total. The van der Waals surface area contributed by atoms with E-state index in [1.165, 1.54) is 12.5 Å². The molecule has 2 aromatic heterocycles. The lowest BCUT2D eigenvalue weighted by Crippen LogP contribution is -2.15. The third-order valence-corrected chi connectivity index (χ3v) is 2.09. The zero-order valence-electron chi connectivity index (χ0n) is 9.81. The molecule has 7 heteroatoms. The molecule has 0 unspecified atom stereocenters. The van der Waals surface area contributed by atoms with Crippen LogP contribution in [-0.4, -0.2) is 26.2 Å². The number of nitrogens with one attached hydrogen (secondary N) is 2. The Morgan fingerprint density at radius 3 is 2.76 bits per heavy atom. The summed E-state index contributed by atoms with van der Waals surface area (Å²) in [6.07, 6.45) is 2.73. The van der Waals surface area contributed by atoms with E-state index in [0.29, 0.717) is 11.5 Å². The van der Waals surface area contributed by atoms with Gasteiger partial charge in [-0.05, 0) is 0 Å². The number of hydrogen-bond acceptors (Lipinski definition) is 5. The molecule has 7 nitrogen and oxygen atoms in total. The van der Waals surface area contributed by atoms with E-state index in [0.717, 1.165) is 0 Å². The maximum atomic E-state index is 11.7. The molecule has 0 fully saturated rings. The highest BCUT2D eigenvalue weighted by Crippen LogP contribution is 2.17. The minimum Gasteiger partial charge on any atom is -0.363 e. The summed E-state index contributed by atoms with van der Waals surface area (Å²) in [6.45, 7) is 5.94. The molecule has 2 rings (SSSR count). The van der Waals surface area contributed by atoms with Gasteiger partial charge in [0.05, 0.1) is 6.20 Å². The third kappa shape index (κ3) is 2.49. The Balaban J connectivity index is 2.13. The molecule has 0 saturated carbocycles. The Labute approximate surface area is 97.6 Å². The molecule has 0 bridgehead atoms. The van der Waals surface area contributed by atoms with Crippen LogP contribution in [0.5, 0.6) is 0 Å². The summed E-state index contributed by atoms with van der Waals surface area (Å²) in [7, 11) is 0. The molecule has 0 aliphatic heterocycles. The fraction of sp³-hybridized carbons (Fsp3) is 0.400. The summed E-state index contributed by atoms with van der Waals surface area (Å²) in [5.74, 6) is 0.351. The number of hydrogen-bond donors (Lipinski definition) is 2. The normalized spacial score (nSPS) is 11.5. The summed E-state index contributed by atoms with van der Waals surface area (Å²) in [4.78, 5) is 15.9. The number of amides is 1. The van der Waals surface area contributed by atoms with Gasteiger partial charge in [-0.2, -0.15) is 0 Å². The number of aromatic nitrogens is 4. The van der Waals surface area contributed by atoms with Crippen LogP contribution in [0.2, 0.25) is 0 Å². The third-order valence-electron chi connectivity index (χ3n) is 2.09. The number of carbonyl (C=O) groups is 1. The predicted octanol–water partition coefficient (Wildman–Crippen LogP) is 1.34. The number of aromatic amines is 1. The number of H-pyrrole nitrogens is 1. The van der Waals surface area contributed by atoms with E-state index in [9.17, 15) is 4.79 Å². The quantitative estimate of drug-likeness (QED) is 0.818. The van der Waals surface area contributed by atoms with Crippen LogP contribution in [0, 0.1) is 0 Å². The second kappa shape index (κ2) is 4.00. The molecule has 0 atom stereocenters. The van der Waals surface area contributed by atoms with Crippen LogP contribution >= 0.6 is 0 Å². The summed E-state index contributed by atoms with van der Waals surface area (Å²) in [6, 6.07) is 0. The molecule has 0 aliphatic rings. The summed E-state index contributed by atoms with van der Waals surface area (Å²) >= 11 is 0. The molecular weight excluding hydrogens is 222 g/mol. The number of nitrogens with zero attached hydrogens (tertiary/aromatic N) is 3. The van der Waals surface area contributed by atoms with Gasteiger partial charge in [-0.25, -0.2) is 4.98 Å². The zero-order valence-corrected chi connectivity index (χ0v) is 9.81. The van der Waals surface area contributed by atoms with Crippen LogP contribution in [0.3, 0.4) is 0 Å². The van der Waals surface area contributed by atoms with E-state index in [4.69, 9.17) is 0 Å². The minimum absolute atomic E-state index is 0.0936. The lowest BCUT2D eigenvalue weighted by atomic mass is 9.96. The van der Waals surface area contributed by atoms with E-state index in [1.54, 1.807) is 0 Å². The minimum atomic E-state index is -0.403. The Kier molecular flexibility index (Phi) is 2.66. The Morgan fingerprint density at radius 2 is 2.24 bits per heavy atom. The van der Waals surface area contributed by atoms with Gasteiger partial charge in [-0.15, -0.1) is 5.10 Å². The number of anilines is 1. The van der Waals surface area contributed by atoms with Gasteiger partial charge in [0.15, 0.2) is 0 Å². The fourth-order valence-corrected chi connectivity index (χ4v) is 1.15. The molecular formula is C10H13N5O2. The first-order valence-corrected chi connectivity index (χ1v) is 5.10. The van der Waals surface area contributed by atoms with Crippen molar-refractivity contribution in [3.63, 3.8) is 0 Å². The SMILES string of the molecule is CC(C)(C)c1nc(C(=O)Nc2cnoc2)n[nH]1. The molecule has 0 radical (unpaired) electrons. The van der Waals surface area contributed by atoms with Crippen molar-refractivity contribution in [2.45, 2.75) is 26.2 Å². The molecule has 17 heavy (non-hydrogen) atoms. The van der Waals surface area contributed by atoms with Gasteiger partial charge < -0.3 is 9.84 Å². The fourth-order valence-electron chi connectivity index (χ4n) is 1.15. The van der Waals surface area contributed by atoms with E-state index in [-0.39, 0.29) is 11.2 Å². The van der Waals surface area contributed by atoms with E-state index in [1.807, 2.05) is 20.8 Å². The van der Waals surface area contributed by atoms with E-state index < -0.39 is 5.91 Å². The van der Waals surface area contributed by atoms with Crippen molar-refractivity contribution >= 4 is 11.6 Å². The van der Waals surface area contributed by atoms with Crippen molar-refractivity contribution < 1.29 is 9.32 Å². The molecule has 90 valence electrons. The second-order valence-corrected chi connectivity index (χ2v) is 4.62. The molecule has 0 aromatic carbocycles. The first kappa shape index (κ1) is 11.3. The highest BCUT2D eigenvalue weighted by Gasteiger charge is 2.21. The van der Waals surface area contributed by atoms with Gasteiger partial charge in [0, 0.05) is 5.41 Å². The predicted molar refractivity (Wildman–Crippen MR) is 59.5 cm³/mol. The van der Waals surface area contributed by atoms with Crippen LogP contribution in [0.4, 0.5) is 5.69 Å². The van der Waals surface area contributed by atoms with Gasteiger partial charge in [-0.1, -0.05) is 25.9 Å². The first-order chi connectivity index (χ1) is 7.97. The van der Waals surface area contributed by atoms with Crippen LogP contribution in [-0.2, 0) is 5.41 Å². The molecule has 0 aliphatic carbocycles. The largest absolute Gasteiger partial charge is 0.363 e. The standard InChI is InChI=1S/C10H13N5O2/c1-10(2,3)9-13-7(14-15-9)8(16)12-6-4-11-17-5-6/h4-5H,1-3H3,(H,12,16)(H,13,14,15). The summed E-state index contributed by atoms with van der Waals surface area (Å²) < 4.78 is 4.60. The molecule has 0 spiro atoms. The average Bonchev–Trinajstić information content (AvgIpc) is 2.85. The molecule has 0 saturated heterocycles. The molecule has 2 aromatic rings. The summed E-state index contributed by atoms with van der Waals surface area (Å²) in [5, 5.41) is 12.6. The van der Waals surface area contributed by atoms with Crippen molar-refractivity contribution in [1.82, 2.24) is 20.3 Å². The Hall–Kier alpha value is -2.18. The highest BCUT2D eigenvalue weighted by molar-refractivity contribution is 6.01. The van der Waals surface area contributed by atoms with Gasteiger partial charge in [0.2, 0.25) is 5.82 Å². The Bertz CT molecular complexity index is 509. The smallest absolute Gasteiger partial charge is 0.295 e. The lowest BCUT2D eigenvalue weighted by molar-refractivity contribution is 0.101. The topological polar surface area (TPSA) is 96.7 Å². The van der Waals surface area contributed by atoms with E-state index in [2.05, 4.69) is 30.2 Å². The molecule has 2 heterocycles. The highest BCUT2D eigenvalue weighted by atomic mass is 16.5. The zero-order chi connectivity index (χ0) is 12.5. The monoisotopic (exact) mass is 235 g/mol. The van der Waals surface area contributed by atoms with Gasteiger partial charge >= 0.3 is 0 Å². The maximum Gasteiger partial charge on any atom is 0.295 e. The van der Waals surface area contributed by atoms with Crippen molar-refractivity contribution in [1.29, 1.82) is 0 Å².